The minimum Gasteiger partial charge on any atom is -0.297 e. The Morgan fingerprint density at radius 1 is 0.857 bits per heavy atom. The van der Waals surface area contributed by atoms with Crippen molar-refractivity contribution >= 4 is 0 Å². The maximum Gasteiger partial charge on any atom is 0.142 e. The summed E-state index contributed by atoms with van der Waals surface area (Å²) in [7, 11) is 0. The number of aryl methyl sites for hydroxylation is 2. The Morgan fingerprint density at radius 2 is 1.21 bits per heavy atom. The summed E-state index contributed by atoms with van der Waals surface area (Å²) >= 11 is 0. The maximum atomic E-state index is 5.55. The average Bonchev–Trinajstić information content (AvgIpc) is 2.04. The van der Waals surface area contributed by atoms with Crippen molar-refractivity contribution in [1.82, 2.24) is 0 Å². The summed E-state index contributed by atoms with van der Waals surface area (Å²) < 4.78 is 0. The second kappa shape index (κ2) is 5.10. The fourth-order valence-electron chi connectivity index (χ4n) is 1.22. The molecule has 3 heteroatoms. The second-order valence-electron chi connectivity index (χ2n) is 3.31. The van der Waals surface area contributed by atoms with E-state index in [-0.39, 0.29) is 0 Å². The highest BCUT2D eigenvalue weighted by atomic mass is 15.1. The molecule has 80 valence electrons. The molecule has 0 aliphatic carbocycles. The summed E-state index contributed by atoms with van der Waals surface area (Å²) in [5.74, 6) is -1.23. The van der Waals surface area contributed by atoms with Crippen LogP contribution in [0.1, 0.15) is 30.5 Å². The van der Waals surface area contributed by atoms with E-state index in [0.717, 1.165) is 16.7 Å². The van der Waals surface area contributed by atoms with Gasteiger partial charge in [0.2, 0.25) is 0 Å². The van der Waals surface area contributed by atoms with E-state index >= 15 is 0 Å². The first kappa shape index (κ1) is 13.1. The molecular formula is C11H21N3. The van der Waals surface area contributed by atoms with Crippen molar-refractivity contribution in [1.29, 1.82) is 0 Å². The smallest absolute Gasteiger partial charge is 0.142 e. The Hall–Kier alpha value is -0.900. The molecule has 0 atom stereocenters. The second-order valence-corrected chi connectivity index (χ2v) is 3.31. The van der Waals surface area contributed by atoms with Crippen molar-refractivity contribution in [3.63, 3.8) is 0 Å². The molecule has 1 aromatic rings. The summed E-state index contributed by atoms with van der Waals surface area (Å²) in [6.07, 6.45) is 0. The fourth-order valence-corrected chi connectivity index (χ4v) is 1.22. The Kier molecular flexibility index (Phi) is 4.77. The minimum atomic E-state index is -1.23. The van der Waals surface area contributed by atoms with Crippen LogP contribution in [0, 0.1) is 13.8 Å². The molecule has 6 N–H and O–H groups in total. The van der Waals surface area contributed by atoms with Gasteiger partial charge in [0, 0.05) is 5.56 Å². The third-order valence-corrected chi connectivity index (χ3v) is 1.72. The Balaban J connectivity index is 0.000000791. The fraction of sp³-hybridized carbons (Fsp3) is 0.455. The summed E-state index contributed by atoms with van der Waals surface area (Å²) in [6, 6.07) is 5.84. The molecule has 0 aromatic heterocycles. The van der Waals surface area contributed by atoms with E-state index in [4.69, 9.17) is 17.2 Å². The predicted molar refractivity (Wildman–Crippen MR) is 61.5 cm³/mol. The Morgan fingerprint density at radius 3 is 1.50 bits per heavy atom. The molecule has 3 nitrogen and oxygen atoms in total. The van der Waals surface area contributed by atoms with Gasteiger partial charge in [-0.25, -0.2) is 0 Å². The first-order valence-electron chi connectivity index (χ1n) is 4.85. The largest absolute Gasteiger partial charge is 0.297 e. The van der Waals surface area contributed by atoms with Crippen LogP contribution in [0.3, 0.4) is 0 Å². The molecule has 0 bridgehead atoms. The lowest BCUT2D eigenvalue weighted by molar-refractivity contribution is 0.488. The highest BCUT2D eigenvalue weighted by Gasteiger charge is 2.15. The van der Waals surface area contributed by atoms with Crippen molar-refractivity contribution in [3.8, 4) is 0 Å². The Bertz CT molecular complexity index is 267. The van der Waals surface area contributed by atoms with Crippen LogP contribution in [0.2, 0.25) is 0 Å². The maximum absolute atomic E-state index is 5.55. The van der Waals surface area contributed by atoms with E-state index in [0.29, 0.717) is 0 Å². The monoisotopic (exact) mass is 195 g/mol. The summed E-state index contributed by atoms with van der Waals surface area (Å²) in [5.41, 5.74) is 19.7. The number of rotatable bonds is 1. The normalized spacial score (nSPS) is 10.5. The number of hydrogen-bond donors (Lipinski definition) is 3. The molecule has 14 heavy (non-hydrogen) atoms. The molecule has 1 aromatic carbocycles. The van der Waals surface area contributed by atoms with Crippen LogP contribution >= 0.6 is 0 Å². The van der Waals surface area contributed by atoms with Crippen LogP contribution in [-0.2, 0) is 5.79 Å². The molecule has 1 rings (SSSR count). The number of hydrogen-bond acceptors (Lipinski definition) is 3. The van der Waals surface area contributed by atoms with Gasteiger partial charge in [-0.3, -0.25) is 17.2 Å². The lowest BCUT2D eigenvalue weighted by atomic mass is 10.0. The van der Waals surface area contributed by atoms with E-state index in [1.165, 1.54) is 0 Å². The lowest BCUT2D eigenvalue weighted by Crippen LogP contribution is -2.54. The third kappa shape index (κ3) is 3.87. The van der Waals surface area contributed by atoms with Crippen molar-refractivity contribution in [3.05, 3.63) is 34.9 Å². The molecule has 0 aliphatic heterocycles. The molecule has 0 spiro atoms. The van der Waals surface area contributed by atoms with Gasteiger partial charge in [-0.15, -0.1) is 0 Å². The van der Waals surface area contributed by atoms with Crippen molar-refractivity contribution in [2.45, 2.75) is 33.5 Å². The van der Waals surface area contributed by atoms with Crippen LogP contribution in [0.25, 0.3) is 0 Å². The van der Waals surface area contributed by atoms with Crippen molar-refractivity contribution in [2.75, 3.05) is 0 Å². The van der Waals surface area contributed by atoms with Gasteiger partial charge in [0.15, 0.2) is 0 Å². The van der Waals surface area contributed by atoms with Gasteiger partial charge in [0.1, 0.15) is 5.79 Å². The molecule has 0 aliphatic rings. The van der Waals surface area contributed by atoms with Gasteiger partial charge in [0.05, 0.1) is 0 Å². The number of benzene rings is 1. The van der Waals surface area contributed by atoms with Crippen LogP contribution in [0.5, 0.6) is 0 Å². The molecule has 0 radical (unpaired) electrons. The number of nitrogens with two attached hydrogens (primary N) is 3. The van der Waals surface area contributed by atoms with E-state index in [1.807, 2.05) is 39.8 Å². The zero-order valence-electron chi connectivity index (χ0n) is 9.46. The van der Waals surface area contributed by atoms with Gasteiger partial charge in [-0.2, -0.15) is 0 Å². The topological polar surface area (TPSA) is 78.1 Å². The van der Waals surface area contributed by atoms with Gasteiger partial charge in [0.25, 0.3) is 0 Å². The standard InChI is InChI=1S/C9H15N3.C2H6/c1-6-3-7(2)5-8(4-6)9(10,11)12;1-2/h3-5H,10-12H2,1-2H3;1-2H3. The van der Waals surface area contributed by atoms with E-state index < -0.39 is 5.79 Å². The van der Waals surface area contributed by atoms with Gasteiger partial charge in [-0.05, 0) is 13.8 Å². The first-order chi connectivity index (χ1) is 6.39. The van der Waals surface area contributed by atoms with Gasteiger partial charge < -0.3 is 0 Å². The summed E-state index contributed by atoms with van der Waals surface area (Å²) in [6.45, 7) is 7.98. The first-order valence-corrected chi connectivity index (χ1v) is 4.85. The van der Waals surface area contributed by atoms with Crippen LogP contribution in [0.15, 0.2) is 18.2 Å². The lowest BCUT2D eigenvalue weighted by Gasteiger charge is -2.19. The molecule has 0 amide bonds. The SMILES string of the molecule is CC.Cc1cc(C)cc(C(N)(N)N)c1. The van der Waals surface area contributed by atoms with Crippen molar-refractivity contribution in [2.24, 2.45) is 17.2 Å². The highest BCUT2D eigenvalue weighted by molar-refractivity contribution is 5.31. The van der Waals surface area contributed by atoms with E-state index in [9.17, 15) is 0 Å². The van der Waals surface area contributed by atoms with Crippen LogP contribution < -0.4 is 17.2 Å². The molecule has 0 saturated heterocycles. The zero-order valence-corrected chi connectivity index (χ0v) is 9.46. The minimum absolute atomic E-state index is 0.764. The van der Waals surface area contributed by atoms with Crippen LogP contribution in [0.4, 0.5) is 0 Å². The summed E-state index contributed by atoms with van der Waals surface area (Å²) in [5, 5.41) is 0. The van der Waals surface area contributed by atoms with E-state index in [2.05, 4.69) is 6.07 Å². The summed E-state index contributed by atoms with van der Waals surface area (Å²) in [4.78, 5) is 0. The van der Waals surface area contributed by atoms with Crippen LogP contribution in [-0.4, -0.2) is 0 Å². The molecular weight excluding hydrogens is 174 g/mol. The molecule has 0 saturated carbocycles. The predicted octanol–water partition coefficient (Wildman–Crippen LogP) is 1.32. The Labute approximate surface area is 86.3 Å². The van der Waals surface area contributed by atoms with E-state index in [1.54, 1.807) is 0 Å². The van der Waals surface area contributed by atoms with Gasteiger partial charge >= 0.3 is 0 Å². The van der Waals surface area contributed by atoms with Gasteiger partial charge in [-0.1, -0.05) is 43.2 Å². The quantitative estimate of drug-likeness (QED) is 0.591. The highest BCUT2D eigenvalue weighted by Crippen LogP contribution is 2.12. The molecule has 0 heterocycles. The van der Waals surface area contributed by atoms with Crippen molar-refractivity contribution < 1.29 is 0 Å². The molecule has 0 fully saturated rings. The molecule has 0 unspecified atom stereocenters. The average molecular weight is 195 g/mol. The third-order valence-electron chi connectivity index (χ3n) is 1.72. The zero-order chi connectivity index (χ0) is 11.4.